The second-order valence-electron chi connectivity index (χ2n) is 9.61. The van der Waals surface area contributed by atoms with Crippen molar-refractivity contribution in [3.63, 3.8) is 0 Å². The van der Waals surface area contributed by atoms with E-state index >= 15 is 0 Å². The molecule has 0 radical (unpaired) electrons. The maximum Gasteiger partial charge on any atom is 0.332 e. The Morgan fingerprint density at radius 3 is 2.47 bits per heavy atom. The van der Waals surface area contributed by atoms with Crippen LogP contribution in [0.5, 0.6) is 5.75 Å². The summed E-state index contributed by atoms with van der Waals surface area (Å²) in [5, 5.41) is 11.0. The molecule has 0 spiro atoms. The molecule has 0 saturated carbocycles. The summed E-state index contributed by atoms with van der Waals surface area (Å²) >= 11 is 0. The summed E-state index contributed by atoms with van der Waals surface area (Å²) in [5.41, 5.74) is 2.00. The van der Waals surface area contributed by atoms with Crippen LogP contribution in [-0.2, 0) is 20.6 Å². The number of aliphatic hydroxyl groups is 1. The molecule has 4 rings (SSSR count). The minimum absolute atomic E-state index is 0.0777. The Hall–Kier alpha value is -3.07. The number of ether oxygens (including phenoxy) is 1. The van der Waals surface area contributed by atoms with Crippen molar-refractivity contribution in [3.8, 4) is 5.75 Å². The molecule has 0 bridgehead atoms. The zero-order chi connectivity index (χ0) is 24.6. The summed E-state index contributed by atoms with van der Waals surface area (Å²) in [4.78, 5) is 32.4. The SMILES string of the molecule is Cc1ccc(C(C)C)c(OCC(O)Cn2c(N3CCCCC3)nc3c2c(=O)n(C)c(=O)n3C)c1. The lowest BCUT2D eigenvalue weighted by Gasteiger charge is -2.28. The number of rotatable bonds is 7. The maximum atomic E-state index is 13.1. The molecule has 1 aliphatic heterocycles. The molecule has 184 valence electrons. The van der Waals surface area contributed by atoms with E-state index in [1.165, 1.54) is 11.6 Å². The van der Waals surface area contributed by atoms with Gasteiger partial charge >= 0.3 is 5.69 Å². The van der Waals surface area contributed by atoms with Crippen LogP contribution in [0.1, 0.15) is 50.2 Å². The normalized spacial score (nSPS) is 15.3. The molecule has 1 atom stereocenters. The first-order valence-corrected chi connectivity index (χ1v) is 12.0. The number of piperidine rings is 1. The van der Waals surface area contributed by atoms with Crippen molar-refractivity contribution in [2.24, 2.45) is 14.1 Å². The highest BCUT2D eigenvalue weighted by molar-refractivity contribution is 5.74. The lowest BCUT2D eigenvalue weighted by molar-refractivity contribution is 0.0929. The largest absolute Gasteiger partial charge is 0.491 e. The van der Waals surface area contributed by atoms with Gasteiger partial charge in [0.05, 0.1) is 6.54 Å². The molecule has 1 aromatic carbocycles. The molecule has 1 unspecified atom stereocenters. The number of hydrogen-bond donors (Lipinski definition) is 1. The summed E-state index contributed by atoms with van der Waals surface area (Å²) in [6, 6.07) is 6.10. The molecule has 9 heteroatoms. The van der Waals surface area contributed by atoms with E-state index in [1.807, 2.05) is 13.0 Å². The van der Waals surface area contributed by atoms with Crippen LogP contribution < -0.4 is 20.9 Å². The second-order valence-corrected chi connectivity index (χ2v) is 9.61. The monoisotopic (exact) mass is 469 g/mol. The van der Waals surface area contributed by atoms with Crippen LogP contribution in [0.15, 0.2) is 27.8 Å². The number of hydrogen-bond acceptors (Lipinski definition) is 6. The minimum atomic E-state index is -0.872. The molecule has 0 aliphatic carbocycles. The van der Waals surface area contributed by atoms with Gasteiger partial charge in [-0.25, -0.2) is 4.79 Å². The Morgan fingerprint density at radius 1 is 1.09 bits per heavy atom. The fourth-order valence-electron chi connectivity index (χ4n) is 4.64. The van der Waals surface area contributed by atoms with Gasteiger partial charge in [-0.15, -0.1) is 0 Å². The molecule has 1 aliphatic rings. The number of imidazole rings is 1. The number of aryl methyl sites for hydroxylation is 2. The molecule has 2 aromatic heterocycles. The topological polar surface area (TPSA) is 94.5 Å². The van der Waals surface area contributed by atoms with Gasteiger partial charge in [-0.3, -0.25) is 13.9 Å². The van der Waals surface area contributed by atoms with Gasteiger partial charge in [0, 0.05) is 27.2 Å². The van der Waals surface area contributed by atoms with E-state index < -0.39 is 17.4 Å². The minimum Gasteiger partial charge on any atom is -0.491 e. The van der Waals surface area contributed by atoms with Crippen molar-refractivity contribution in [2.45, 2.75) is 58.6 Å². The van der Waals surface area contributed by atoms with Crippen molar-refractivity contribution >= 4 is 17.1 Å². The van der Waals surface area contributed by atoms with E-state index in [4.69, 9.17) is 9.72 Å². The Morgan fingerprint density at radius 2 is 1.79 bits per heavy atom. The predicted molar refractivity (Wildman–Crippen MR) is 133 cm³/mol. The van der Waals surface area contributed by atoms with Gasteiger partial charge in [0.15, 0.2) is 11.2 Å². The first-order chi connectivity index (χ1) is 16.2. The highest BCUT2D eigenvalue weighted by Gasteiger charge is 2.25. The molecular formula is C25H35N5O4. The van der Waals surface area contributed by atoms with Gasteiger partial charge in [-0.1, -0.05) is 26.0 Å². The van der Waals surface area contributed by atoms with E-state index in [9.17, 15) is 14.7 Å². The first-order valence-electron chi connectivity index (χ1n) is 12.0. The van der Waals surface area contributed by atoms with Crippen LogP contribution in [0.3, 0.4) is 0 Å². The molecule has 1 saturated heterocycles. The van der Waals surface area contributed by atoms with E-state index in [0.717, 1.165) is 53.8 Å². The number of fused-ring (bicyclic) bond motifs is 1. The van der Waals surface area contributed by atoms with E-state index in [2.05, 4.69) is 30.9 Å². The number of aromatic nitrogens is 4. The van der Waals surface area contributed by atoms with E-state index in [1.54, 1.807) is 11.6 Å². The van der Waals surface area contributed by atoms with Gasteiger partial charge in [-0.05, 0) is 49.3 Å². The standard InChI is InChI=1S/C25H35N5O4/c1-16(2)19-10-9-17(3)13-20(19)34-15-18(31)14-30-21-22(27(4)25(33)28(5)23(21)32)26-24(30)29-11-7-6-8-12-29/h9-10,13,16,18,31H,6-8,11-12,14-15H2,1-5H3. The lowest BCUT2D eigenvalue weighted by atomic mass is 10.0. The first kappa shape index (κ1) is 24.1. The predicted octanol–water partition coefficient (Wildman–Crippen LogP) is 2.30. The Kier molecular flexibility index (Phi) is 6.84. The van der Waals surface area contributed by atoms with Crippen LogP contribution in [0.2, 0.25) is 0 Å². The summed E-state index contributed by atoms with van der Waals surface area (Å²) in [6.45, 7) is 8.09. The number of nitrogens with zero attached hydrogens (tertiary/aromatic N) is 5. The third-order valence-corrected chi connectivity index (χ3v) is 6.58. The molecular weight excluding hydrogens is 434 g/mol. The van der Waals surface area contributed by atoms with Crippen molar-refractivity contribution in [1.82, 2.24) is 18.7 Å². The molecule has 1 fully saturated rings. The third kappa shape index (κ3) is 4.49. The van der Waals surface area contributed by atoms with Gasteiger partial charge in [0.2, 0.25) is 5.95 Å². The van der Waals surface area contributed by atoms with Crippen LogP contribution >= 0.6 is 0 Å². The third-order valence-electron chi connectivity index (χ3n) is 6.58. The zero-order valence-electron chi connectivity index (χ0n) is 20.7. The molecule has 3 heterocycles. The molecule has 0 amide bonds. The molecule has 9 nitrogen and oxygen atoms in total. The summed E-state index contributed by atoms with van der Waals surface area (Å²) in [6.07, 6.45) is 2.36. The fraction of sp³-hybridized carbons (Fsp3) is 0.560. The summed E-state index contributed by atoms with van der Waals surface area (Å²) in [5.74, 6) is 1.67. The zero-order valence-corrected chi connectivity index (χ0v) is 20.7. The molecule has 1 N–H and O–H groups in total. The Labute approximate surface area is 199 Å². The van der Waals surface area contributed by atoms with Gasteiger partial charge in [0.25, 0.3) is 5.56 Å². The van der Waals surface area contributed by atoms with Crippen LogP contribution in [0.25, 0.3) is 11.2 Å². The quantitative estimate of drug-likeness (QED) is 0.571. The molecule has 34 heavy (non-hydrogen) atoms. The van der Waals surface area contributed by atoms with Gasteiger partial charge < -0.3 is 19.3 Å². The average Bonchev–Trinajstić information content (AvgIpc) is 3.19. The molecule has 3 aromatic rings. The number of aliphatic hydroxyl groups excluding tert-OH is 1. The van der Waals surface area contributed by atoms with Gasteiger partial charge in [-0.2, -0.15) is 4.98 Å². The lowest BCUT2D eigenvalue weighted by Crippen LogP contribution is -2.38. The van der Waals surface area contributed by atoms with E-state index in [-0.39, 0.29) is 13.2 Å². The van der Waals surface area contributed by atoms with E-state index in [0.29, 0.717) is 23.0 Å². The number of anilines is 1. The Bertz CT molecular complexity index is 1300. The highest BCUT2D eigenvalue weighted by atomic mass is 16.5. The highest BCUT2D eigenvalue weighted by Crippen LogP contribution is 2.28. The maximum absolute atomic E-state index is 13.1. The van der Waals surface area contributed by atoms with Crippen molar-refractivity contribution in [1.29, 1.82) is 0 Å². The van der Waals surface area contributed by atoms with Gasteiger partial charge in [0.1, 0.15) is 18.5 Å². The summed E-state index contributed by atoms with van der Waals surface area (Å²) in [7, 11) is 3.08. The smallest absolute Gasteiger partial charge is 0.332 e. The second kappa shape index (κ2) is 9.66. The van der Waals surface area contributed by atoms with Crippen LogP contribution in [0.4, 0.5) is 5.95 Å². The van der Waals surface area contributed by atoms with Crippen molar-refractivity contribution in [2.75, 3.05) is 24.6 Å². The summed E-state index contributed by atoms with van der Waals surface area (Å²) < 4.78 is 10.3. The number of benzene rings is 1. The van der Waals surface area contributed by atoms with Crippen LogP contribution in [-0.4, -0.2) is 49.6 Å². The van der Waals surface area contributed by atoms with Crippen LogP contribution in [0, 0.1) is 6.92 Å². The van der Waals surface area contributed by atoms with Crippen molar-refractivity contribution in [3.05, 3.63) is 50.2 Å². The Balaban J connectivity index is 1.69. The average molecular weight is 470 g/mol. The van der Waals surface area contributed by atoms with Crippen molar-refractivity contribution < 1.29 is 9.84 Å². The fourth-order valence-corrected chi connectivity index (χ4v) is 4.64.